The summed E-state index contributed by atoms with van der Waals surface area (Å²) in [7, 11) is 0. The number of likely N-dealkylation sites (N-methyl/N-ethyl adjacent to an activating group) is 1. The van der Waals surface area contributed by atoms with Gasteiger partial charge in [0, 0.05) is 9.50 Å². The van der Waals surface area contributed by atoms with E-state index in [1.165, 1.54) is 0 Å². The standard InChI is InChI=1S/C11H15BrClNO/c1-3-14-11(2,7-15)9-5-4-8(12)6-10(9)13/h4-6,14-15H,3,7H2,1-2H3. The van der Waals surface area contributed by atoms with E-state index in [4.69, 9.17) is 11.6 Å². The fraction of sp³-hybridized carbons (Fsp3) is 0.455. The summed E-state index contributed by atoms with van der Waals surface area (Å²) >= 11 is 9.50. The highest BCUT2D eigenvalue weighted by Gasteiger charge is 2.26. The van der Waals surface area contributed by atoms with Crippen LogP contribution in [0.5, 0.6) is 0 Å². The zero-order valence-corrected chi connectivity index (χ0v) is 11.2. The molecule has 0 radical (unpaired) electrons. The van der Waals surface area contributed by atoms with Crippen LogP contribution in [-0.4, -0.2) is 18.3 Å². The quantitative estimate of drug-likeness (QED) is 0.894. The molecule has 0 heterocycles. The van der Waals surface area contributed by atoms with Crippen molar-refractivity contribution in [3.8, 4) is 0 Å². The zero-order chi connectivity index (χ0) is 11.5. The van der Waals surface area contributed by atoms with Gasteiger partial charge in [0.2, 0.25) is 0 Å². The summed E-state index contributed by atoms with van der Waals surface area (Å²) in [5.41, 5.74) is 0.434. The first-order valence-corrected chi connectivity index (χ1v) is 6.02. The molecule has 0 aliphatic carbocycles. The number of hydrogen-bond acceptors (Lipinski definition) is 2. The molecule has 1 atom stereocenters. The molecule has 2 nitrogen and oxygen atoms in total. The highest BCUT2D eigenvalue weighted by Crippen LogP contribution is 2.30. The second-order valence-corrected chi connectivity index (χ2v) is 4.97. The molecule has 0 amide bonds. The van der Waals surface area contributed by atoms with E-state index in [2.05, 4.69) is 21.2 Å². The van der Waals surface area contributed by atoms with Crippen molar-refractivity contribution < 1.29 is 5.11 Å². The van der Waals surface area contributed by atoms with Crippen molar-refractivity contribution in [1.29, 1.82) is 0 Å². The van der Waals surface area contributed by atoms with E-state index < -0.39 is 5.54 Å². The van der Waals surface area contributed by atoms with Gasteiger partial charge in [-0.1, -0.05) is 40.5 Å². The van der Waals surface area contributed by atoms with Crippen molar-refractivity contribution in [2.24, 2.45) is 0 Å². The maximum atomic E-state index is 9.43. The van der Waals surface area contributed by atoms with Gasteiger partial charge in [-0.25, -0.2) is 0 Å². The number of benzene rings is 1. The van der Waals surface area contributed by atoms with Crippen LogP contribution in [0.15, 0.2) is 22.7 Å². The molecule has 1 unspecified atom stereocenters. The minimum absolute atomic E-state index is 0.0161. The number of nitrogens with one attached hydrogen (secondary N) is 1. The Balaban J connectivity index is 3.12. The molecule has 1 aromatic carbocycles. The third-order valence-corrected chi connectivity index (χ3v) is 3.21. The topological polar surface area (TPSA) is 32.3 Å². The van der Waals surface area contributed by atoms with Gasteiger partial charge in [-0.2, -0.15) is 0 Å². The van der Waals surface area contributed by atoms with Crippen molar-refractivity contribution in [2.75, 3.05) is 13.2 Å². The maximum absolute atomic E-state index is 9.43. The zero-order valence-electron chi connectivity index (χ0n) is 8.85. The number of halogens is 2. The van der Waals surface area contributed by atoms with Crippen molar-refractivity contribution >= 4 is 27.5 Å². The van der Waals surface area contributed by atoms with Gasteiger partial charge in [-0.3, -0.25) is 0 Å². The van der Waals surface area contributed by atoms with E-state index in [0.29, 0.717) is 5.02 Å². The molecular formula is C11H15BrClNO. The summed E-state index contributed by atoms with van der Waals surface area (Å²) in [6, 6.07) is 5.68. The highest BCUT2D eigenvalue weighted by molar-refractivity contribution is 9.10. The first-order chi connectivity index (χ1) is 7.03. The number of aliphatic hydroxyl groups excluding tert-OH is 1. The fourth-order valence-electron chi connectivity index (χ4n) is 1.56. The van der Waals surface area contributed by atoms with Gasteiger partial charge >= 0.3 is 0 Å². The Morgan fingerprint density at radius 2 is 2.20 bits per heavy atom. The molecule has 0 fully saturated rings. The fourth-order valence-corrected chi connectivity index (χ4v) is 2.45. The summed E-state index contributed by atoms with van der Waals surface area (Å²) in [6.45, 7) is 4.73. The van der Waals surface area contributed by atoms with E-state index in [1.54, 1.807) is 0 Å². The van der Waals surface area contributed by atoms with Gasteiger partial charge in [-0.05, 0) is 31.2 Å². The monoisotopic (exact) mass is 291 g/mol. The molecule has 0 aliphatic rings. The van der Waals surface area contributed by atoms with E-state index in [-0.39, 0.29) is 6.61 Å². The normalized spacial score (nSPS) is 15.0. The van der Waals surface area contributed by atoms with Crippen molar-refractivity contribution in [3.63, 3.8) is 0 Å². The van der Waals surface area contributed by atoms with E-state index >= 15 is 0 Å². The molecule has 0 saturated heterocycles. The van der Waals surface area contributed by atoms with E-state index in [0.717, 1.165) is 16.6 Å². The molecule has 0 aliphatic heterocycles. The summed E-state index contributed by atoms with van der Waals surface area (Å²) in [4.78, 5) is 0. The molecule has 0 saturated carbocycles. The van der Waals surface area contributed by atoms with Crippen LogP contribution >= 0.6 is 27.5 Å². The van der Waals surface area contributed by atoms with Crippen molar-refractivity contribution in [3.05, 3.63) is 33.3 Å². The third kappa shape index (κ3) is 2.94. The van der Waals surface area contributed by atoms with Gasteiger partial charge in [0.05, 0.1) is 12.1 Å². The Kier molecular flexibility index (Phi) is 4.59. The van der Waals surface area contributed by atoms with Crippen LogP contribution in [0.3, 0.4) is 0 Å². The lowest BCUT2D eigenvalue weighted by molar-refractivity contribution is 0.177. The van der Waals surface area contributed by atoms with E-state index in [1.807, 2.05) is 32.0 Å². The Morgan fingerprint density at radius 1 is 1.53 bits per heavy atom. The van der Waals surface area contributed by atoms with Crippen LogP contribution in [0.1, 0.15) is 19.4 Å². The van der Waals surface area contributed by atoms with Gasteiger partial charge in [-0.15, -0.1) is 0 Å². The lowest BCUT2D eigenvalue weighted by atomic mass is 9.93. The van der Waals surface area contributed by atoms with Crippen molar-refractivity contribution in [2.45, 2.75) is 19.4 Å². The van der Waals surface area contributed by atoms with Crippen LogP contribution in [0.2, 0.25) is 5.02 Å². The molecule has 4 heteroatoms. The molecule has 1 aromatic rings. The highest BCUT2D eigenvalue weighted by atomic mass is 79.9. The first kappa shape index (κ1) is 13.0. The Bertz CT molecular complexity index is 345. The molecule has 84 valence electrons. The van der Waals surface area contributed by atoms with Crippen LogP contribution in [0, 0.1) is 0 Å². The predicted octanol–water partition coefficient (Wildman–Crippen LogP) is 2.92. The van der Waals surface area contributed by atoms with Gasteiger partial charge in [0.25, 0.3) is 0 Å². The number of hydrogen-bond donors (Lipinski definition) is 2. The molecule has 0 spiro atoms. The summed E-state index contributed by atoms with van der Waals surface area (Å²) in [5.74, 6) is 0. The van der Waals surface area contributed by atoms with Crippen LogP contribution in [0.4, 0.5) is 0 Å². The Labute approximate surface area is 104 Å². The average Bonchev–Trinajstić information content (AvgIpc) is 2.17. The SMILES string of the molecule is CCNC(C)(CO)c1ccc(Br)cc1Cl. The minimum Gasteiger partial charge on any atom is -0.394 e. The second-order valence-electron chi connectivity index (χ2n) is 3.64. The lowest BCUT2D eigenvalue weighted by Crippen LogP contribution is -2.42. The number of rotatable bonds is 4. The summed E-state index contributed by atoms with van der Waals surface area (Å²) < 4.78 is 0.938. The van der Waals surface area contributed by atoms with Gasteiger partial charge in [0.15, 0.2) is 0 Å². The molecule has 0 bridgehead atoms. The first-order valence-electron chi connectivity index (χ1n) is 4.85. The number of aliphatic hydroxyl groups is 1. The smallest absolute Gasteiger partial charge is 0.0655 e. The Hall–Kier alpha value is -0.0900. The second kappa shape index (κ2) is 5.30. The summed E-state index contributed by atoms with van der Waals surface area (Å²) in [5, 5.41) is 13.3. The molecule has 1 rings (SSSR count). The van der Waals surface area contributed by atoms with Gasteiger partial charge < -0.3 is 10.4 Å². The third-order valence-electron chi connectivity index (χ3n) is 2.41. The largest absolute Gasteiger partial charge is 0.394 e. The van der Waals surface area contributed by atoms with Crippen LogP contribution in [0.25, 0.3) is 0 Å². The minimum atomic E-state index is -0.480. The Morgan fingerprint density at radius 3 is 2.67 bits per heavy atom. The predicted molar refractivity (Wildman–Crippen MR) is 67.3 cm³/mol. The molecule has 2 N–H and O–H groups in total. The maximum Gasteiger partial charge on any atom is 0.0655 e. The molecule has 15 heavy (non-hydrogen) atoms. The molecular weight excluding hydrogens is 277 g/mol. The van der Waals surface area contributed by atoms with Crippen LogP contribution in [-0.2, 0) is 5.54 Å². The van der Waals surface area contributed by atoms with E-state index in [9.17, 15) is 5.11 Å². The molecule has 0 aromatic heterocycles. The van der Waals surface area contributed by atoms with Crippen LogP contribution < -0.4 is 5.32 Å². The van der Waals surface area contributed by atoms with Gasteiger partial charge in [0.1, 0.15) is 0 Å². The van der Waals surface area contributed by atoms with Crippen molar-refractivity contribution in [1.82, 2.24) is 5.32 Å². The average molecular weight is 293 g/mol. The lowest BCUT2D eigenvalue weighted by Gasteiger charge is -2.29. The summed E-state index contributed by atoms with van der Waals surface area (Å²) in [6.07, 6.45) is 0.